The lowest BCUT2D eigenvalue weighted by molar-refractivity contribution is 0.194. The summed E-state index contributed by atoms with van der Waals surface area (Å²) in [6.07, 6.45) is 4.52. The summed E-state index contributed by atoms with van der Waals surface area (Å²) in [6.45, 7) is 8.53. The summed E-state index contributed by atoms with van der Waals surface area (Å²) in [7, 11) is 0. The van der Waals surface area contributed by atoms with Crippen LogP contribution in [0.3, 0.4) is 0 Å². The number of hydrogen-bond acceptors (Lipinski definition) is 5. The zero-order valence-electron chi connectivity index (χ0n) is 20.0. The molecule has 5 rings (SSSR count). The van der Waals surface area contributed by atoms with Gasteiger partial charge < -0.3 is 25.8 Å². The number of piperidine rings is 1. The fourth-order valence-corrected chi connectivity index (χ4v) is 5.18. The monoisotopic (exact) mass is 446 g/mol. The molecule has 3 heterocycles. The molecule has 33 heavy (non-hydrogen) atoms. The lowest BCUT2D eigenvalue weighted by atomic mass is 9.98. The Hall–Kier alpha value is -2.57. The number of rotatable bonds is 7. The van der Waals surface area contributed by atoms with E-state index in [1.807, 2.05) is 0 Å². The third-order valence-corrected chi connectivity index (χ3v) is 7.44. The molecule has 1 saturated heterocycles. The largest absolute Gasteiger partial charge is 0.380 e. The van der Waals surface area contributed by atoms with Gasteiger partial charge in [-0.1, -0.05) is 44.2 Å². The Kier molecular flexibility index (Phi) is 6.56. The van der Waals surface area contributed by atoms with Crippen molar-refractivity contribution >= 4 is 22.7 Å². The standard InChI is InChI=1S/C27H38N6/c1-19(2)23(28)18-32-15-13-21(14-16-32)30-27-31-25-9-5-6-10-26(25)33(27)17-22-12-11-20-7-3-4-8-24(20)29-22/h3-10,19,21-23,29H,11-18,28H2,1-2H3,(H,30,31). The third-order valence-electron chi connectivity index (χ3n) is 7.44. The van der Waals surface area contributed by atoms with Gasteiger partial charge in [-0.2, -0.15) is 0 Å². The predicted molar refractivity (Wildman–Crippen MR) is 138 cm³/mol. The van der Waals surface area contributed by atoms with E-state index in [4.69, 9.17) is 10.7 Å². The molecule has 0 spiro atoms. The maximum absolute atomic E-state index is 6.31. The smallest absolute Gasteiger partial charge is 0.204 e. The molecule has 1 aromatic heterocycles. The van der Waals surface area contributed by atoms with E-state index >= 15 is 0 Å². The van der Waals surface area contributed by atoms with Gasteiger partial charge >= 0.3 is 0 Å². The van der Waals surface area contributed by atoms with E-state index in [0.717, 1.165) is 63.3 Å². The van der Waals surface area contributed by atoms with E-state index < -0.39 is 0 Å². The van der Waals surface area contributed by atoms with Crippen molar-refractivity contribution in [1.29, 1.82) is 0 Å². The summed E-state index contributed by atoms with van der Waals surface area (Å²) in [5.74, 6) is 1.54. The highest BCUT2D eigenvalue weighted by Crippen LogP contribution is 2.28. The Morgan fingerprint density at radius 1 is 1.06 bits per heavy atom. The third kappa shape index (κ3) is 5.02. The highest BCUT2D eigenvalue weighted by Gasteiger charge is 2.25. The first kappa shape index (κ1) is 22.2. The minimum Gasteiger partial charge on any atom is -0.380 e. The highest BCUT2D eigenvalue weighted by molar-refractivity contribution is 5.78. The molecule has 6 heteroatoms. The second-order valence-electron chi connectivity index (χ2n) is 10.2. The van der Waals surface area contributed by atoms with Crippen LogP contribution in [0.2, 0.25) is 0 Å². The zero-order chi connectivity index (χ0) is 22.8. The summed E-state index contributed by atoms with van der Waals surface area (Å²) in [5, 5.41) is 7.58. The Morgan fingerprint density at radius 3 is 2.64 bits per heavy atom. The fourth-order valence-electron chi connectivity index (χ4n) is 5.18. The van der Waals surface area contributed by atoms with Crippen LogP contribution in [0.4, 0.5) is 11.6 Å². The number of hydrogen-bond donors (Lipinski definition) is 3. The van der Waals surface area contributed by atoms with Crippen molar-refractivity contribution < 1.29 is 0 Å². The van der Waals surface area contributed by atoms with E-state index in [-0.39, 0.29) is 6.04 Å². The Bertz CT molecular complexity index is 1070. The van der Waals surface area contributed by atoms with Crippen LogP contribution in [0.5, 0.6) is 0 Å². The van der Waals surface area contributed by atoms with Gasteiger partial charge in [-0.25, -0.2) is 4.98 Å². The van der Waals surface area contributed by atoms with E-state index in [2.05, 4.69) is 82.5 Å². The van der Waals surface area contributed by atoms with Crippen molar-refractivity contribution in [3.63, 3.8) is 0 Å². The molecule has 2 aliphatic rings. The number of nitrogens with one attached hydrogen (secondary N) is 2. The van der Waals surface area contributed by atoms with Gasteiger partial charge in [0.2, 0.25) is 5.95 Å². The number of likely N-dealkylation sites (tertiary alicyclic amines) is 1. The quantitative estimate of drug-likeness (QED) is 0.504. The zero-order valence-corrected chi connectivity index (χ0v) is 20.0. The SMILES string of the molecule is CC(C)C(N)CN1CCC(Nc2nc3ccccc3n2CC2CCc3ccccc3N2)CC1. The van der Waals surface area contributed by atoms with Gasteiger partial charge in [0.1, 0.15) is 0 Å². The summed E-state index contributed by atoms with van der Waals surface area (Å²) in [4.78, 5) is 7.52. The number of nitrogens with two attached hydrogens (primary N) is 1. The Balaban J connectivity index is 1.28. The minimum absolute atomic E-state index is 0.256. The number of fused-ring (bicyclic) bond motifs is 2. The maximum atomic E-state index is 6.31. The average Bonchev–Trinajstić information content (AvgIpc) is 3.17. The van der Waals surface area contributed by atoms with Crippen molar-refractivity contribution in [3.8, 4) is 0 Å². The van der Waals surface area contributed by atoms with Gasteiger partial charge in [0, 0.05) is 50.0 Å². The molecular formula is C27H38N6. The lowest BCUT2D eigenvalue weighted by Gasteiger charge is -2.35. The molecule has 6 nitrogen and oxygen atoms in total. The molecule has 1 fully saturated rings. The first-order chi connectivity index (χ1) is 16.1. The molecule has 0 radical (unpaired) electrons. The van der Waals surface area contributed by atoms with Gasteiger partial charge in [-0.15, -0.1) is 0 Å². The second kappa shape index (κ2) is 9.74. The van der Waals surface area contributed by atoms with Gasteiger partial charge in [0.15, 0.2) is 0 Å². The normalized spacial score (nSPS) is 20.5. The van der Waals surface area contributed by atoms with Crippen LogP contribution < -0.4 is 16.4 Å². The summed E-state index contributed by atoms with van der Waals surface area (Å²) >= 11 is 0. The first-order valence-electron chi connectivity index (χ1n) is 12.6. The Labute approximate surface area is 197 Å². The number of anilines is 2. The summed E-state index contributed by atoms with van der Waals surface area (Å²) < 4.78 is 2.39. The van der Waals surface area contributed by atoms with Gasteiger partial charge in [-0.05, 0) is 55.4 Å². The number of aromatic nitrogens is 2. The lowest BCUT2D eigenvalue weighted by Crippen LogP contribution is -2.46. The van der Waals surface area contributed by atoms with E-state index in [1.165, 1.54) is 16.8 Å². The van der Waals surface area contributed by atoms with Crippen molar-refractivity contribution in [1.82, 2.24) is 14.5 Å². The number of imidazole rings is 1. The van der Waals surface area contributed by atoms with Crippen LogP contribution in [0, 0.1) is 5.92 Å². The van der Waals surface area contributed by atoms with Crippen LogP contribution in [0.15, 0.2) is 48.5 Å². The van der Waals surface area contributed by atoms with Crippen LogP contribution in [0.1, 0.15) is 38.7 Å². The summed E-state index contributed by atoms with van der Waals surface area (Å²) in [6, 6.07) is 18.3. The van der Waals surface area contributed by atoms with Crippen LogP contribution >= 0.6 is 0 Å². The van der Waals surface area contributed by atoms with Crippen molar-refractivity contribution in [3.05, 3.63) is 54.1 Å². The van der Waals surface area contributed by atoms with E-state index in [1.54, 1.807) is 0 Å². The molecule has 4 N–H and O–H groups in total. The van der Waals surface area contributed by atoms with E-state index in [0.29, 0.717) is 18.0 Å². The van der Waals surface area contributed by atoms with Crippen molar-refractivity contribution in [2.24, 2.45) is 11.7 Å². The minimum atomic E-state index is 0.256. The van der Waals surface area contributed by atoms with Gasteiger partial charge in [0.05, 0.1) is 11.0 Å². The number of aryl methyl sites for hydroxylation is 1. The van der Waals surface area contributed by atoms with E-state index in [9.17, 15) is 0 Å². The molecule has 0 saturated carbocycles. The van der Waals surface area contributed by atoms with Crippen LogP contribution in [-0.4, -0.2) is 52.2 Å². The van der Waals surface area contributed by atoms with Gasteiger partial charge in [-0.3, -0.25) is 0 Å². The average molecular weight is 447 g/mol. The molecule has 0 amide bonds. The summed E-state index contributed by atoms with van der Waals surface area (Å²) in [5.41, 5.74) is 11.3. The molecule has 0 aliphatic carbocycles. The van der Waals surface area contributed by atoms with Crippen LogP contribution in [0.25, 0.3) is 11.0 Å². The molecule has 2 atom stereocenters. The number of benzene rings is 2. The molecule has 176 valence electrons. The first-order valence-corrected chi connectivity index (χ1v) is 12.6. The molecule has 2 unspecified atom stereocenters. The predicted octanol–water partition coefficient (Wildman–Crippen LogP) is 4.32. The molecular weight excluding hydrogens is 408 g/mol. The Morgan fingerprint density at radius 2 is 1.82 bits per heavy atom. The molecule has 2 aliphatic heterocycles. The molecule has 3 aromatic rings. The second-order valence-corrected chi connectivity index (χ2v) is 10.2. The van der Waals surface area contributed by atoms with Crippen molar-refractivity contribution in [2.45, 2.75) is 64.2 Å². The fraction of sp³-hybridized carbons (Fsp3) is 0.519. The molecule has 2 aromatic carbocycles. The van der Waals surface area contributed by atoms with Gasteiger partial charge in [0.25, 0.3) is 0 Å². The van der Waals surface area contributed by atoms with Crippen molar-refractivity contribution in [2.75, 3.05) is 30.3 Å². The number of nitrogens with zero attached hydrogens (tertiary/aromatic N) is 3. The maximum Gasteiger partial charge on any atom is 0.204 e. The van der Waals surface area contributed by atoms with Crippen LogP contribution in [-0.2, 0) is 13.0 Å². The molecule has 0 bridgehead atoms. The topological polar surface area (TPSA) is 71.1 Å². The number of para-hydroxylation sites is 3. The highest BCUT2D eigenvalue weighted by atomic mass is 15.2.